The first-order valence-electron chi connectivity index (χ1n) is 8.48. The molecule has 0 radical (unpaired) electrons. The Bertz CT molecular complexity index is 519. The minimum absolute atomic E-state index is 0.0833. The second-order valence-corrected chi connectivity index (χ2v) is 6.44. The summed E-state index contributed by atoms with van der Waals surface area (Å²) in [7, 11) is 0. The van der Waals surface area contributed by atoms with Crippen LogP contribution in [-0.2, 0) is 6.54 Å². The van der Waals surface area contributed by atoms with Gasteiger partial charge in [0.15, 0.2) is 0 Å². The molecule has 1 saturated carbocycles. The van der Waals surface area contributed by atoms with E-state index in [1.165, 1.54) is 45.1 Å². The molecule has 0 spiro atoms. The monoisotopic (exact) mass is 289 g/mol. The van der Waals surface area contributed by atoms with Gasteiger partial charge in [0.05, 0.1) is 5.69 Å². The van der Waals surface area contributed by atoms with Gasteiger partial charge in [-0.05, 0) is 51.1 Å². The van der Waals surface area contributed by atoms with Crippen molar-refractivity contribution in [2.24, 2.45) is 5.92 Å². The number of piperidine rings is 1. The van der Waals surface area contributed by atoms with Crippen LogP contribution in [0.1, 0.15) is 45.4 Å². The molecule has 0 bridgehead atoms. The molecule has 4 heteroatoms. The minimum Gasteiger partial charge on any atom is -0.381 e. The summed E-state index contributed by atoms with van der Waals surface area (Å²) in [4.78, 5) is 11.7. The van der Waals surface area contributed by atoms with Gasteiger partial charge in [0.1, 0.15) is 0 Å². The maximum atomic E-state index is 11.7. The van der Waals surface area contributed by atoms with Crippen LogP contribution in [0.2, 0.25) is 0 Å². The summed E-state index contributed by atoms with van der Waals surface area (Å²) in [5.41, 5.74) is 1.17. The zero-order valence-electron chi connectivity index (χ0n) is 13.0. The van der Waals surface area contributed by atoms with Crippen molar-refractivity contribution in [2.75, 3.05) is 11.9 Å². The van der Waals surface area contributed by atoms with Gasteiger partial charge in [0, 0.05) is 30.9 Å². The molecule has 3 unspecified atom stereocenters. The highest BCUT2D eigenvalue weighted by atomic mass is 16.1. The van der Waals surface area contributed by atoms with Gasteiger partial charge in [-0.1, -0.05) is 12.8 Å². The van der Waals surface area contributed by atoms with E-state index in [4.69, 9.17) is 0 Å². The van der Waals surface area contributed by atoms with E-state index >= 15 is 0 Å². The smallest absolute Gasteiger partial charge is 0.250 e. The molecule has 1 aromatic heterocycles. The van der Waals surface area contributed by atoms with Crippen molar-refractivity contribution < 1.29 is 0 Å². The third-order valence-electron chi connectivity index (χ3n) is 5.11. The van der Waals surface area contributed by atoms with Crippen molar-refractivity contribution in [1.82, 2.24) is 9.88 Å². The quantitative estimate of drug-likeness (QED) is 0.895. The van der Waals surface area contributed by atoms with Gasteiger partial charge in [-0.3, -0.25) is 4.79 Å². The molecule has 116 valence electrons. The van der Waals surface area contributed by atoms with E-state index in [1.54, 1.807) is 10.6 Å². The second-order valence-electron chi connectivity index (χ2n) is 6.44. The van der Waals surface area contributed by atoms with Crippen molar-refractivity contribution in [3.05, 3.63) is 28.7 Å². The van der Waals surface area contributed by atoms with Crippen LogP contribution in [0.15, 0.2) is 23.1 Å². The largest absolute Gasteiger partial charge is 0.381 e. The first-order chi connectivity index (χ1) is 10.3. The molecule has 1 aliphatic heterocycles. The average molecular weight is 289 g/mol. The lowest BCUT2D eigenvalue weighted by Crippen LogP contribution is -2.44. The normalized spacial score (nSPS) is 29.5. The number of aryl methyl sites for hydroxylation is 1. The summed E-state index contributed by atoms with van der Waals surface area (Å²) in [5.74, 6) is 0.729. The van der Waals surface area contributed by atoms with Gasteiger partial charge < -0.3 is 15.2 Å². The van der Waals surface area contributed by atoms with Gasteiger partial charge in [-0.25, -0.2) is 0 Å². The first-order valence-corrected chi connectivity index (χ1v) is 8.48. The molecule has 1 aliphatic carbocycles. The Labute approximate surface area is 126 Å². The molecule has 1 aromatic rings. The van der Waals surface area contributed by atoms with Crippen molar-refractivity contribution >= 4 is 5.69 Å². The Hall–Kier alpha value is -1.29. The van der Waals surface area contributed by atoms with E-state index < -0.39 is 0 Å². The fraction of sp³-hybridized carbons (Fsp3) is 0.706. The fourth-order valence-corrected chi connectivity index (χ4v) is 3.97. The Morgan fingerprint density at radius 3 is 2.90 bits per heavy atom. The van der Waals surface area contributed by atoms with Crippen LogP contribution >= 0.6 is 0 Å². The molecule has 0 amide bonds. The minimum atomic E-state index is 0.0833. The van der Waals surface area contributed by atoms with Crippen LogP contribution < -0.4 is 16.2 Å². The average Bonchev–Trinajstić information content (AvgIpc) is 2.98. The van der Waals surface area contributed by atoms with E-state index in [2.05, 4.69) is 10.6 Å². The third-order valence-corrected chi connectivity index (χ3v) is 5.11. The molecule has 2 heterocycles. The van der Waals surface area contributed by atoms with Crippen LogP contribution in [0.3, 0.4) is 0 Å². The molecule has 4 nitrogen and oxygen atoms in total. The van der Waals surface area contributed by atoms with E-state index in [1.807, 2.05) is 19.2 Å². The van der Waals surface area contributed by atoms with Gasteiger partial charge in [-0.15, -0.1) is 0 Å². The van der Waals surface area contributed by atoms with Crippen LogP contribution in [0.5, 0.6) is 0 Å². The molecule has 21 heavy (non-hydrogen) atoms. The highest BCUT2D eigenvalue weighted by Gasteiger charge is 2.34. The zero-order valence-corrected chi connectivity index (χ0v) is 13.0. The highest BCUT2D eigenvalue weighted by Crippen LogP contribution is 2.33. The number of aromatic nitrogens is 1. The summed E-state index contributed by atoms with van der Waals surface area (Å²) in [5, 5.41) is 7.40. The van der Waals surface area contributed by atoms with Crippen LogP contribution in [0.4, 0.5) is 5.69 Å². The van der Waals surface area contributed by atoms with Crippen molar-refractivity contribution in [1.29, 1.82) is 0 Å². The molecular formula is C17H27N3O. The summed E-state index contributed by atoms with van der Waals surface area (Å²) < 4.78 is 1.77. The number of anilines is 1. The number of rotatable bonds is 4. The number of hydrogen-bond donors (Lipinski definition) is 2. The third kappa shape index (κ3) is 3.31. The van der Waals surface area contributed by atoms with Gasteiger partial charge in [0.25, 0.3) is 5.56 Å². The Morgan fingerprint density at radius 2 is 2.14 bits per heavy atom. The topological polar surface area (TPSA) is 46.1 Å². The van der Waals surface area contributed by atoms with E-state index in [9.17, 15) is 4.79 Å². The number of pyridine rings is 1. The summed E-state index contributed by atoms with van der Waals surface area (Å²) in [6, 6.07) is 4.83. The number of nitrogens with one attached hydrogen (secondary N) is 2. The van der Waals surface area contributed by atoms with Crippen LogP contribution in [0.25, 0.3) is 0 Å². The van der Waals surface area contributed by atoms with E-state index in [0.29, 0.717) is 12.1 Å². The summed E-state index contributed by atoms with van der Waals surface area (Å²) >= 11 is 0. The Balaban J connectivity index is 1.69. The standard InChI is InChI=1S/C17H27N3O/c1-2-20-12-13(9-10-17(20)21)19-16-8-5-6-14(16)15-7-3-4-11-18-15/h9-10,12,14-16,18-19H,2-8,11H2,1H3. The molecule has 3 rings (SSSR count). The molecule has 2 fully saturated rings. The lowest BCUT2D eigenvalue weighted by Gasteiger charge is -2.33. The van der Waals surface area contributed by atoms with Gasteiger partial charge in [-0.2, -0.15) is 0 Å². The van der Waals surface area contributed by atoms with Crippen LogP contribution in [-0.4, -0.2) is 23.2 Å². The lowest BCUT2D eigenvalue weighted by atomic mass is 9.88. The molecule has 2 aliphatic rings. The van der Waals surface area contributed by atoms with Crippen LogP contribution in [0, 0.1) is 5.92 Å². The maximum Gasteiger partial charge on any atom is 0.250 e. The molecule has 0 aromatic carbocycles. The molecule has 2 N–H and O–H groups in total. The first kappa shape index (κ1) is 14.6. The number of nitrogens with zero attached hydrogens (tertiary/aromatic N) is 1. The van der Waals surface area contributed by atoms with Crippen molar-refractivity contribution in [3.63, 3.8) is 0 Å². The van der Waals surface area contributed by atoms with E-state index in [-0.39, 0.29) is 5.56 Å². The van der Waals surface area contributed by atoms with Gasteiger partial charge >= 0.3 is 0 Å². The van der Waals surface area contributed by atoms with Crippen molar-refractivity contribution in [3.8, 4) is 0 Å². The summed E-state index contributed by atoms with van der Waals surface area (Å²) in [6.45, 7) is 3.91. The van der Waals surface area contributed by atoms with Crippen molar-refractivity contribution in [2.45, 2.75) is 64.1 Å². The Morgan fingerprint density at radius 1 is 1.24 bits per heavy atom. The lowest BCUT2D eigenvalue weighted by molar-refractivity contribution is 0.286. The molecule has 1 saturated heterocycles. The SMILES string of the molecule is CCn1cc(NC2CCCC2C2CCCCN2)ccc1=O. The highest BCUT2D eigenvalue weighted by molar-refractivity contribution is 5.42. The van der Waals surface area contributed by atoms with E-state index in [0.717, 1.165) is 18.2 Å². The van der Waals surface area contributed by atoms with Gasteiger partial charge in [0.2, 0.25) is 0 Å². The molecule has 3 atom stereocenters. The maximum absolute atomic E-state index is 11.7. The number of hydrogen-bond acceptors (Lipinski definition) is 3. The molecular weight excluding hydrogens is 262 g/mol. The Kier molecular flexibility index (Phi) is 4.63. The zero-order chi connectivity index (χ0) is 14.7. The summed E-state index contributed by atoms with van der Waals surface area (Å²) in [6.07, 6.45) is 9.85. The fourth-order valence-electron chi connectivity index (χ4n) is 3.97. The second kappa shape index (κ2) is 6.65. The predicted octanol–water partition coefficient (Wildman–Crippen LogP) is 2.59. The predicted molar refractivity (Wildman–Crippen MR) is 86.8 cm³/mol.